The van der Waals surface area contributed by atoms with Gasteiger partial charge in [-0.15, -0.1) is 0 Å². The maximum atomic E-state index is 12.8. The molecule has 0 saturated heterocycles. The molecule has 1 aromatic heterocycles. The predicted octanol–water partition coefficient (Wildman–Crippen LogP) is 4.49. The van der Waals surface area contributed by atoms with Crippen LogP contribution in [0, 0.1) is 6.57 Å². The van der Waals surface area contributed by atoms with Crippen LogP contribution in [0.25, 0.3) is 15.7 Å². The summed E-state index contributed by atoms with van der Waals surface area (Å²) >= 11 is 0. The molecule has 2 aromatic carbocycles. The van der Waals surface area contributed by atoms with Gasteiger partial charge in [-0.2, -0.15) is 0 Å². The predicted molar refractivity (Wildman–Crippen MR) is 109 cm³/mol. The van der Waals surface area contributed by atoms with Gasteiger partial charge in [-0.05, 0) is 45.0 Å². The van der Waals surface area contributed by atoms with Crippen molar-refractivity contribution in [2.24, 2.45) is 0 Å². The maximum absolute atomic E-state index is 12.8. The van der Waals surface area contributed by atoms with Crippen LogP contribution in [0.4, 0.5) is 5.69 Å². The second-order valence-corrected chi connectivity index (χ2v) is 7.61. The van der Waals surface area contributed by atoms with Crippen molar-refractivity contribution in [3.63, 3.8) is 0 Å². The summed E-state index contributed by atoms with van der Waals surface area (Å²) in [5, 5.41) is 12.2. The number of benzene rings is 2. The fourth-order valence-corrected chi connectivity index (χ4v) is 3.94. The molecule has 0 spiro atoms. The smallest absolute Gasteiger partial charge is 0.354 e. The number of nitrogens with zero attached hydrogens (tertiary/aromatic N) is 2. The van der Waals surface area contributed by atoms with Crippen molar-refractivity contribution in [1.29, 1.82) is 0 Å². The van der Waals surface area contributed by atoms with Crippen LogP contribution in [-0.2, 0) is 4.74 Å². The van der Waals surface area contributed by atoms with Crippen molar-refractivity contribution in [2.75, 3.05) is 6.61 Å². The number of aromatic nitrogens is 1. The van der Waals surface area contributed by atoms with Crippen LogP contribution < -0.4 is 4.74 Å². The Morgan fingerprint density at radius 2 is 2.03 bits per heavy atom. The molecule has 1 aliphatic rings. The third-order valence-corrected chi connectivity index (χ3v) is 5.34. The van der Waals surface area contributed by atoms with Crippen molar-refractivity contribution in [3.05, 3.63) is 71.2 Å². The lowest BCUT2D eigenvalue weighted by Crippen LogP contribution is -2.51. The van der Waals surface area contributed by atoms with Gasteiger partial charge in [0.05, 0.1) is 19.2 Å². The second kappa shape index (κ2) is 6.94. The molecule has 1 aliphatic heterocycles. The highest BCUT2D eigenvalue weighted by Crippen LogP contribution is 2.45. The summed E-state index contributed by atoms with van der Waals surface area (Å²) in [6.07, 6.45) is -0.958. The van der Waals surface area contributed by atoms with Crippen molar-refractivity contribution in [2.45, 2.75) is 38.5 Å². The van der Waals surface area contributed by atoms with Crippen LogP contribution in [0.3, 0.4) is 0 Å². The van der Waals surface area contributed by atoms with Gasteiger partial charge in [-0.25, -0.2) is 9.64 Å². The molecular formula is C23H22N2O4. The van der Waals surface area contributed by atoms with Crippen LogP contribution in [0.2, 0.25) is 0 Å². The van der Waals surface area contributed by atoms with Gasteiger partial charge in [0, 0.05) is 16.5 Å². The minimum Gasteiger partial charge on any atom is -0.485 e. The summed E-state index contributed by atoms with van der Waals surface area (Å²) < 4.78 is 13.1. The quantitative estimate of drug-likeness (QED) is 0.529. The molecule has 6 nitrogen and oxygen atoms in total. The molecule has 0 aliphatic carbocycles. The molecule has 0 saturated carbocycles. The van der Waals surface area contributed by atoms with E-state index in [2.05, 4.69) is 4.85 Å². The van der Waals surface area contributed by atoms with Crippen LogP contribution in [-0.4, -0.2) is 34.0 Å². The molecule has 2 unspecified atom stereocenters. The van der Waals surface area contributed by atoms with Crippen LogP contribution in [0.5, 0.6) is 5.75 Å². The molecule has 2 heterocycles. The Morgan fingerprint density at radius 3 is 2.76 bits per heavy atom. The Balaban J connectivity index is 2.03. The summed E-state index contributed by atoms with van der Waals surface area (Å²) in [7, 11) is 0. The zero-order valence-corrected chi connectivity index (χ0v) is 16.5. The average molecular weight is 390 g/mol. The standard InChI is InChI=1S/C23H22N2O4/c1-5-28-22(27)18-12-14-8-6-7-9-17(14)25(18)20-16-13-15(24-4)10-11-19(16)29-23(2,3)21(20)26/h6-13,20-21,26H,5H2,1-3H3. The van der Waals surface area contributed by atoms with Crippen molar-refractivity contribution in [1.82, 2.24) is 4.57 Å². The lowest BCUT2D eigenvalue weighted by atomic mass is 9.86. The summed E-state index contributed by atoms with van der Waals surface area (Å²) in [4.78, 5) is 16.3. The minimum atomic E-state index is -0.958. The fraction of sp³-hybridized carbons (Fsp3) is 0.304. The molecule has 1 N–H and O–H groups in total. The number of aliphatic hydroxyl groups is 1. The molecule has 0 fully saturated rings. The summed E-state index contributed by atoms with van der Waals surface area (Å²) in [5.41, 5.74) is 1.37. The van der Waals surface area contributed by atoms with E-state index in [4.69, 9.17) is 16.0 Å². The summed E-state index contributed by atoms with van der Waals surface area (Å²) in [5.74, 6) is 0.133. The van der Waals surface area contributed by atoms with Gasteiger partial charge < -0.3 is 19.1 Å². The molecule has 148 valence electrons. The van der Waals surface area contributed by atoms with Crippen molar-refractivity contribution in [3.8, 4) is 5.75 Å². The average Bonchev–Trinajstić information content (AvgIpc) is 3.08. The van der Waals surface area contributed by atoms with E-state index in [0.29, 0.717) is 22.7 Å². The number of carbonyl (C=O) groups excluding carboxylic acids is 1. The third-order valence-electron chi connectivity index (χ3n) is 5.34. The molecule has 2 atom stereocenters. The summed E-state index contributed by atoms with van der Waals surface area (Å²) in [6.45, 7) is 13.0. The number of carbonyl (C=O) groups is 1. The zero-order chi connectivity index (χ0) is 20.8. The van der Waals surface area contributed by atoms with Gasteiger partial charge in [0.1, 0.15) is 23.1 Å². The van der Waals surface area contributed by atoms with Crippen LogP contribution in [0.15, 0.2) is 48.5 Å². The van der Waals surface area contributed by atoms with E-state index in [1.807, 2.05) is 42.7 Å². The van der Waals surface area contributed by atoms with E-state index in [9.17, 15) is 9.90 Å². The molecule has 6 heteroatoms. The second-order valence-electron chi connectivity index (χ2n) is 7.61. The van der Waals surface area contributed by atoms with Crippen LogP contribution in [0.1, 0.15) is 42.9 Å². The molecule has 29 heavy (non-hydrogen) atoms. The normalized spacial score (nSPS) is 19.8. The molecule has 0 bridgehead atoms. The van der Waals surface area contributed by atoms with Crippen LogP contribution >= 0.6 is 0 Å². The van der Waals surface area contributed by atoms with Crippen molar-refractivity contribution < 1.29 is 19.4 Å². The van der Waals surface area contributed by atoms with E-state index in [-0.39, 0.29) is 6.61 Å². The molecule has 4 rings (SSSR count). The molecular weight excluding hydrogens is 368 g/mol. The lowest BCUT2D eigenvalue weighted by Gasteiger charge is -2.43. The topological polar surface area (TPSA) is 65.1 Å². The highest BCUT2D eigenvalue weighted by Gasteiger charge is 2.45. The first-order chi connectivity index (χ1) is 13.9. The Morgan fingerprint density at radius 1 is 1.28 bits per heavy atom. The van der Waals surface area contributed by atoms with Gasteiger partial charge >= 0.3 is 5.97 Å². The number of hydrogen-bond donors (Lipinski definition) is 1. The first kappa shape index (κ1) is 19.0. The molecule has 0 radical (unpaired) electrons. The Kier molecular flexibility index (Phi) is 4.56. The third kappa shape index (κ3) is 3.04. The van der Waals surface area contributed by atoms with Gasteiger partial charge in [0.25, 0.3) is 0 Å². The maximum Gasteiger partial charge on any atom is 0.354 e. The van der Waals surface area contributed by atoms with E-state index < -0.39 is 23.7 Å². The summed E-state index contributed by atoms with van der Waals surface area (Å²) in [6, 6.07) is 13.9. The fourth-order valence-electron chi connectivity index (χ4n) is 3.94. The van der Waals surface area contributed by atoms with Gasteiger partial charge in [0.2, 0.25) is 0 Å². The van der Waals surface area contributed by atoms with E-state index >= 15 is 0 Å². The molecule has 0 amide bonds. The van der Waals surface area contributed by atoms with Gasteiger partial charge in [0.15, 0.2) is 5.69 Å². The SMILES string of the molecule is [C-]#[N+]c1ccc2c(c1)C(n1c(C(=O)OCC)cc3ccccc31)C(O)C(C)(C)O2. The Hall–Kier alpha value is -3.30. The van der Waals surface area contributed by atoms with E-state index in [1.165, 1.54) is 0 Å². The zero-order valence-electron chi connectivity index (χ0n) is 16.5. The first-order valence-electron chi connectivity index (χ1n) is 9.53. The number of aliphatic hydroxyl groups excluding tert-OH is 1. The number of rotatable bonds is 3. The number of ether oxygens (including phenoxy) is 2. The Labute approximate surface area is 169 Å². The number of para-hydroxylation sites is 1. The number of esters is 1. The minimum absolute atomic E-state index is 0.251. The largest absolute Gasteiger partial charge is 0.485 e. The van der Waals surface area contributed by atoms with E-state index in [1.54, 1.807) is 31.2 Å². The monoisotopic (exact) mass is 390 g/mol. The number of fused-ring (bicyclic) bond motifs is 2. The number of hydrogen-bond acceptors (Lipinski definition) is 4. The van der Waals surface area contributed by atoms with Gasteiger partial charge in [-0.3, -0.25) is 0 Å². The highest BCUT2D eigenvalue weighted by atomic mass is 16.5. The van der Waals surface area contributed by atoms with E-state index in [0.717, 1.165) is 10.9 Å². The van der Waals surface area contributed by atoms with Crippen molar-refractivity contribution >= 4 is 22.6 Å². The highest BCUT2D eigenvalue weighted by molar-refractivity contribution is 5.96. The first-order valence-corrected chi connectivity index (χ1v) is 9.53. The molecule has 3 aromatic rings. The lowest BCUT2D eigenvalue weighted by molar-refractivity contribution is -0.0633. The Bertz CT molecular complexity index is 1140. The van der Waals surface area contributed by atoms with Gasteiger partial charge in [-0.1, -0.05) is 24.3 Å².